The first kappa shape index (κ1) is 25.8. The molecular formula is C27H34N4O4. The molecule has 2 heterocycles. The van der Waals surface area contributed by atoms with Gasteiger partial charge >= 0.3 is 5.97 Å². The standard InChI is InChI=1S/C27H34N4O4/c1-17(28)25(18(2)32)20-13-14-31-23(15-20)30-22(12-9-19-7-10-21(34-6)11-8-19)26(31)29-16-24(33)35-27(3,4)5/h7-8,10-11,13-15,29H,9,12,16,28H2,1-6H3. The molecule has 0 saturated heterocycles. The van der Waals surface area contributed by atoms with Crippen molar-refractivity contribution in [3.05, 3.63) is 65.1 Å². The SMILES string of the molecule is COc1ccc(CCc2nc3cc(C(C(C)=O)=C(C)N)ccn3c2NCC(=O)OC(C)(C)C)cc1. The van der Waals surface area contributed by atoms with Crippen LogP contribution in [0.5, 0.6) is 5.75 Å². The summed E-state index contributed by atoms with van der Waals surface area (Å²) < 4.78 is 12.6. The summed E-state index contributed by atoms with van der Waals surface area (Å²) in [6.07, 6.45) is 3.23. The molecule has 0 unspecified atom stereocenters. The lowest BCUT2D eigenvalue weighted by molar-refractivity contribution is -0.152. The number of ketones is 1. The molecule has 0 atom stereocenters. The quantitative estimate of drug-likeness (QED) is 0.351. The van der Waals surface area contributed by atoms with E-state index in [-0.39, 0.29) is 18.3 Å². The normalized spacial score (nSPS) is 12.3. The van der Waals surface area contributed by atoms with Crippen LogP contribution in [-0.4, -0.2) is 40.4 Å². The summed E-state index contributed by atoms with van der Waals surface area (Å²) in [4.78, 5) is 29.3. The van der Waals surface area contributed by atoms with Crippen LogP contribution in [0, 0.1) is 0 Å². The van der Waals surface area contributed by atoms with E-state index in [0.717, 1.165) is 23.4 Å². The molecular weight excluding hydrogens is 444 g/mol. The number of benzene rings is 1. The van der Waals surface area contributed by atoms with Crippen molar-refractivity contribution in [1.82, 2.24) is 9.38 Å². The van der Waals surface area contributed by atoms with Crippen LogP contribution in [0.25, 0.3) is 11.2 Å². The number of anilines is 1. The summed E-state index contributed by atoms with van der Waals surface area (Å²) in [7, 11) is 1.64. The maximum atomic E-state index is 12.4. The minimum atomic E-state index is -0.570. The van der Waals surface area contributed by atoms with Crippen LogP contribution in [0.3, 0.4) is 0 Å². The number of ether oxygens (including phenoxy) is 2. The van der Waals surface area contributed by atoms with Crippen molar-refractivity contribution < 1.29 is 19.1 Å². The van der Waals surface area contributed by atoms with Gasteiger partial charge in [0.25, 0.3) is 0 Å². The number of carbonyl (C=O) groups excluding carboxylic acids is 2. The number of aryl methyl sites for hydroxylation is 2. The molecule has 0 aliphatic heterocycles. The number of pyridine rings is 1. The van der Waals surface area contributed by atoms with E-state index in [1.54, 1.807) is 14.0 Å². The second-order valence-electron chi connectivity index (χ2n) is 9.45. The Bertz CT molecular complexity index is 1250. The van der Waals surface area contributed by atoms with Gasteiger partial charge in [-0.15, -0.1) is 0 Å². The van der Waals surface area contributed by atoms with Gasteiger partial charge in [-0.3, -0.25) is 14.0 Å². The van der Waals surface area contributed by atoms with Crippen molar-refractivity contribution in [2.24, 2.45) is 5.73 Å². The Morgan fingerprint density at radius 1 is 1.09 bits per heavy atom. The molecule has 8 heteroatoms. The number of hydrogen-bond acceptors (Lipinski definition) is 7. The molecule has 1 aromatic carbocycles. The number of imidazole rings is 1. The Balaban J connectivity index is 1.94. The van der Waals surface area contributed by atoms with Gasteiger partial charge in [0, 0.05) is 17.5 Å². The lowest BCUT2D eigenvalue weighted by Crippen LogP contribution is -2.28. The number of nitrogens with zero attached hydrogens (tertiary/aromatic N) is 2. The molecule has 2 aromatic heterocycles. The van der Waals surface area contributed by atoms with Crippen LogP contribution in [0.2, 0.25) is 0 Å². The smallest absolute Gasteiger partial charge is 0.325 e. The topological polar surface area (TPSA) is 108 Å². The molecule has 0 bridgehead atoms. The summed E-state index contributed by atoms with van der Waals surface area (Å²) in [5.74, 6) is 1.05. The number of carbonyl (C=O) groups is 2. The third kappa shape index (κ3) is 6.62. The van der Waals surface area contributed by atoms with Gasteiger partial charge in [0.1, 0.15) is 29.4 Å². The molecule has 35 heavy (non-hydrogen) atoms. The number of fused-ring (bicyclic) bond motifs is 1. The minimum Gasteiger partial charge on any atom is -0.497 e. The Morgan fingerprint density at radius 3 is 2.34 bits per heavy atom. The van der Waals surface area contributed by atoms with Gasteiger partial charge in [0.15, 0.2) is 5.78 Å². The molecule has 0 fully saturated rings. The predicted octanol–water partition coefficient (Wildman–Crippen LogP) is 4.16. The Hall–Kier alpha value is -3.81. The van der Waals surface area contributed by atoms with Gasteiger partial charge < -0.3 is 20.5 Å². The van der Waals surface area contributed by atoms with E-state index in [1.165, 1.54) is 6.92 Å². The zero-order chi connectivity index (χ0) is 25.8. The molecule has 3 aromatic rings. The van der Waals surface area contributed by atoms with Gasteiger partial charge in [0.2, 0.25) is 0 Å². The number of aromatic nitrogens is 2. The first-order valence-electron chi connectivity index (χ1n) is 11.6. The Labute approximate surface area is 206 Å². The highest BCUT2D eigenvalue weighted by molar-refractivity contribution is 6.20. The van der Waals surface area contributed by atoms with E-state index < -0.39 is 5.60 Å². The third-order valence-electron chi connectivity index (χ3n) is 5.36. The number of nitrogens with two attached hydrogens (primary N) is 1. The van der Waals surface area contributed by atoms with Crippen molar-refractivity contribution in [3.8, 4) is 5.75 Å². The summed E-state index contributed by atoms with van der Waals surface area (Å²) in [6.45, 7) is 8.71. The minimum absolute atomic E-state index is 0.00283. The van der Waals surface area contributed by atoms with E-state index in [2.05, 4.69) is 5.32 Å². The van der Waals surface area contributed by atoms with Gasteiger partial charge in [-0.2, -0.15) is 0 Å². The molecule has 0 spiro atoms. The summed E-state index contributed by atoms with van der Waals surface area (Å²) in [5, 5.41) is 3.21. The average Bonchev–Trinajstić information content (AvgIpc) is 3.11. The van der Waals surface area contributed by atoms with Crippen molar-refractivity contribution >= 4 is 28.8 Å². The molecule has 8 nitrogen and oxygen atoms in total. The van der Waals surface area contributed by atoms with E-state index >= 15 is 0 Å². The maximum Gasteiger partial charge on any atom is 0.325 e. The second kappa shape index (κ2) is 10.6. The van der Waals surface area contributed by atoms with E-state index in [4.69, 9.17) is 20.2 Å². The van der Waals surface area contributed by atoms with Gasteiger partial charge in [-0.25, -0.2) is 4.98 Å². The lowest BCUT2D eigenvalue weighted by atomic mass is 10.0. The number of hydrogen-bond donors (Lipinski definition) is 2. The molecule has 0 aliphatic carbocycles. The van der Waals surface area contributed by atoms with Crippen molar-refractivity contribution in [3.63, 3.8) is 0 Å². The van der Waals surface area contributed by atoms with Crippen molar-refractivity contribution in [1.29, 1.82) is 0 Å². The highest BCUT2D eigenvalue weighted by Crippen LogP contribution is 2.25. The number of methoxy groups -OCH3 is 1. The van der Waals surface area contributed by atoms with Crippen molar-refractivity contribution in [2.75, 3.05) is 19.0 Å². The Kier molecular flexibility index (Phi) is 7.84. The van der Waals surface area contributed by atoms with E-state index in [1.807, 2.05) is 67.8 Å². The monoisotopic (exact) mass is 478 g/mol. The zero-order valence-electron chi connectivity index (χ0n) is 21.3. The van der Waals surface area contributed by atoms with Crippen LogP contribution in [0.4, 0.5) is 5.82 Å². The third-order valence-corrected chi connectivity index (χ3v) is 5.36. The number of nitrogens with one attached hydrogen (secondary N) is 1. The molecule has 0 radical (unpaired) electrons. The van der Waals surface area contributed by atoms with E-state index in [0.29, 0.717) is 34.7 Å². The largest absolute Gasteiger partial charge is 0.497 e. The summed E-state index contributed by atoms with van der Waals surface area (Å²) in [6, 6.07) is 11.6. The summed E-state index contributed by atoms with van der Waals surface area (Å²) in [5.41, 5.74) is 9.63. The van der Waals surface area contributed by atoms with Crippen LogP contribution >= 0.6 is 0 Å². The summed E-state index contributed by atoms with van der Waals surface area (Å²) >= 11 is 0. The fourth-order valence-electron chi connectivity index (χ4n) is 3.91. The molecule has 186 valence electrons. The fraction of sp³-hybridized carbons (Fsp3) is 0.370. The maximum absolute atomic E-state index is 12.4. The van der Waals surface area contributed by atoms with Gasteiger partial charge in [-0.1, -0.05) is 12.1 Å². The first-order valence-corrected chi connectivity index (χ1v) is 11.6. The van der Waals surface area contributed by atoms with Crippen LogP contribution in [0.15, 0.2) is 48.3 Å². The number of allylic oxidation sites excluding steroid dienone is 2. The highest BCUT2D eigenvalue weighted by atomic mass is 16.6. The molecule has 0 amide bonds. The van der Waals surface area contributed by atoms with Gasteiger partial charge in [-0.05, 0) is 82.9 Å². The Morgan fingerprint density at radius 2 is 1.77 bits per heavy atom. The molecule has 3 N–H and O–H groups in total. The zero-order valence-corrected chi connectivity index (χ0v) is 21.3. The number of Topliss-reactive ketones (excluding diaryl/α,β-unsaturated/α-hetero) is 1. The number of rotatable bonds is 9. The van der Waals surface area contributed by atoms with Gasteiger partial charge in [0.05, 0.1) is 12.8 Å². The first-order chi connectivity index (χ1) is 16.5. The highest BCUT2D eigenvalue weighted by Gasteiger charge is 2.19. The average molecular weight is 479 g/mol. The molecule has 3 rings (SSSR count). The number of esters is 1. The van der Waals surface area contributed by atoms with Crippen LogP contribution in [-0.2, 0) is 27.2 Å². The molecule has 0 saturated carbocycles. The lowest BCUT2D eigenvalue weighted by Gasteiger charge is -2.20. The predicted molar refractivity (Wildman–Crippen MR) is 137 cm³/mol. The van der Waals surface area contributed by atoms with Crippen LogP contribution in [0.1, 0.15) is 51.4 Å². The second-order valence-corrected chi connectivity index (χ2v) is 9.45. The fourth-order valence-corrected chi connectivity index (χ4v) is 3.91. The van der Waals surface area contributed by atoms with Crippen LogP contribution < -0.4 is 15.8 Å². The van der Waals surface area contributed by atoms with Crippen molar-refractivity contribution in [2.45, 2.75) is 53.1 Å². The molecule has 0 aliphatic rings. The van der Waals surface area contributed by atoms with E-state index in [9.17, 15) is 9.59 Å².